The molecule has 0 saturated carbocycles. The van der Waals surface area contributed by atoms with Crippen molar-refractivity contribution in [2.75, 3.05) is 39.6 Å². The molecule has 0 aromatic carbocycles. The Hall–Kier alpha value is -2.34. The van der Waals surface area contributed by atoms with Gasteiger partial charge in [0.2, 0.25) is 0 Å². The Labute approximate surface area is 202 Å². The molecule has 0 fully saturated rings. The first-order valence-electron chi connectivity index (χ1n) is 9.74. The van der Waals surface area contributed by atoms with E-state index in [0.29, 0.717) is 11.1 Å². The Morgan fingerprint density at radius 2 is 0.848 bits per heavy atom. The molecule has 0 saturated heterocycles. The average molecular weight is 505 g/mol. The number of ketones is 2. The van der Waals surface area contributed by atoms with Crippen molar-refractivity contribution in [2.24, 2.45) is 0 Å². The summed E-state index contributed by atoms with van der Waals surface area (Å²) in [6, 6.07) is 0. The van der Waals surface area contributed by atoms with Gasteiger partial charge in [0.25, 0.3) is 0 Å². The molecule has 0 amide bonds. The number of nitrogens with one attached hydrogen (secondary N) is 2. The summed E-state index contributed by atoms with van der Waals surface area (Å²) in [5.41, 5.74) is -1.60. The number of carbonyl (C=O) groups is 2. The van der Waals surface area contributed by atoms with E-state index in [1.807, 2.05) is 0 Å². The second-order valence-electron chi connectivity index (χ2n) is 7.16. The summed E-state index contributed by atoms with van der Waals surface area (Å²) in [7, 11) is 0. The minimum absolute atomic E-state index is 0. The van der Waals surface area contributed by atoms with E-state index in [0.717, 1.165) is 0 Å². The van der Waals surface area contributed by atoms with Gasteiger partial charge in [-0.2, -0.15) is 0 Å². The van der Waals surface area contributed by atoms with Crippen LogP contribution >= 0.6 is 0 Å². The van der Waals surface area contributed by atoms with E-state index in [1.54, 1.807) is 36.5 Å². The van der Waals surface area contributed by atoms with E-state index in [-0.39, 0.29) is 28.6 Å². The fraction of sp³-hybridized carbons (Fsp3) is 0.364. The Kier molecular flexibility index (Phi) is 14.4. The first-order valence-corrected chi connectivity index (χ1v) is 9.74. The van der Waals surface area contributed by atoms with Crippen LogP contribution in [-0.4, -0.2) is 92.9 Å². The maximum absolute atomic E-state index is 11.3. The van der Waals surface area contributed by atoms with Gasteiger partial charge in [-0.15, -0.1) is 0 Å². The van der Waals surface area contributed by atoms with Crippen molar-refractivity contribution < 1.29 is 57.3 Å². The van der Waals surface area contributed by atoms with Crippen molar-refractivity contribution in [3.8, 4) is 0 Å². The van der Waals surface area contributed by atoms with Crippen LogP contribution < -0.4 is 10.6 Å². The maximum Gasteiger partial charge on any atom is 0.187 e. The molecule has 1 radical (unpaired) electrons. The summed E-state index contributed by atoms with van der Waals surface area (Å²) < 4.78 is 0. The zero-order chi connectivity index (χ0) is 24.0. The van der Waals surface area contributed by atoms with Gasteiger partial charge in [0.05, 0.1) is 39.6 Å². The van der Waals surface area contributed by atoms with Crippen LogP contribution in [0, 0.1) is 0 Å². The number of allylic oxidation sites excluding steroid dienone is 10. The van der Waals surface area contributed by atoms with Gasteiger partial charge in [0.1, 0.15) is 11.1 Å². The number of rotatable bonds is 10. The first-order chi connectivity index (χ1) is 15.3. The van der Waals surface area contributed by atoms with Crippen molar-refractivity contribution in [3.63, 3.8) is 0 Å². The molecule has 0 bridgehead atoms. The molecule has 183 valence electrons. The van der Waals surface area contributed by atoms with Crippen LogP contribution in [0.2, 0.25) is 0 Å². The number of aliphatic hydroxyl groups excluding tert-OH is 6. The molecular formula is C22H30MnN2O8. The summed E-state index contributed by atoms with van der Waals surface area (Å²) in [4.78, 5) is 22.7. The minimum atomic E-state index is -1.21. The molecule has 2 rings (SSSR count). The molecule has 0 heterocycles. The summed E-state index contributed by atoms with van der Waals surface area (Å²) in [5.74, 6) is -0.338. The van der Waals surface area contributed by atoms with Crippen LogP contribution in [0.15, 0.2) is 72.2 Å². The molecule has 0 spiro atoms. The Balaban J connectivity index is 0.000000602. The van der Waals surface area contributed by atoms with E-state index in [9.17, 15) is 9.59 Å². The zero-order valence-corrected chi connectivity index (χ0v) is 19.1. The molecule has 11 heteroatoms. The quantitative estimate of drug-likeness (QED) is 0.119. The molecule has 8 N–H and O–H groups in total. The number of aliphatic hydroxyl groups is 6. The third-order valence-electron chi connectivity index (χ3n) is 4.72. The standard InChI is InChI=1S/2C11H15NO4.Mn/c2*13-6-11(7-14,8-15)12-5-9-3-1-2-4-10(9)16;/h2*1-5,12-15H,6-8H2;/b9-5+;9-5-;. The van der Waals surface area contributed by atoms with E-state index < -0.39 is 50.7 Å². The van der Waals surface area contributed by atoms with Gasteiger partial charge in [0.15, 0.2) is 11.6 Å². The Morgan fingerprint density at radius 1 is 0.576 bits per heavy atom. The van der Waals surface area contributed by atoms with E-state index in [4.69, 9.17) is 30.6 Å². The molecular weight excluding hydrogens is 475 g/mol. The van der Waals surface area contributed by atoms with Crippen molar-refractivity contribution in [3.05, 3.63) is 72.2 Å². The predicted octanol–water partition coefficient (Wildman–Crippen LogP) is -2.26. The Morgan fingerprint density at radius 3 is 1.09 bits per heavy atom. The smallest absolute Gasteiger partial charge is 0.187 e. The Bertz CT molecular complexity index is 738. The van der Waals surface area contributed by atoms with Gasteiger partial charge >= 0.3 is 0 Å². The molecule has 0 aromatic heterocycles. The fourth-order valence-corrected chi connectivity index (χ4v) is 2.24. The van der Waals surface area contributed by atoms with Crippen LogP contribution in [0.25, 0.3) is 0 Å². The van der Waals surface area contributed by atoms with Crippen molar-refractivity contribution in [1.29, 1.82) is 0 Å². The molecule has 0 unspecified atom stereocenters. The van der Waals surface area contributed by atoms with Crippen LogP contribution in [0.4, 0.5) is 0 Å². The van der Waals surface area contributed by atoms with Crippen molar-refractivity contribution >= 4 is 11.6 Å². The maximum atomic E-state index is 11.3. The van der Waals surface area contributed by atoms with Crippen LogP contribution in [0.5, 0.6) is 0 Å². The van der Waals surface area contributed by atoms with Crippen molar-refractivity contribution in [2.45, 2.75) is 11.1 Å². The van der Waals surface area contributed by atoms with Crippen molar-refractivity contribution in [1.82, 2.24) is 10.6 Å². The van der Waals surface area contributed by atoms with E-state index >= 15 is 0 Å². The second-order valence-corrected chi connectivity index (χ2v) is 7.16. The average Bonchev–Trinajstić information content (AvgIpc) is 2.84. The molecule has 2 aliphatic carbocycles. The zero-order valence-electron chi connectivity index (χ0n) is 17.9. The third-order valence-corrected chi connectivity index (χ3v) is 4.72. The third kappa shape index (κ3) is 9.20. The van der Waals surface area contributed by atoms with Crippen LogP contribution in [0.1, 0.15) is 0 Å². The second kappa shape index (κ2) is 15.5. The topological polar surface area (TPSA) is 180 Å². The predicted molar refractivity (Wildman–Crippen MR) is 117 cm³/mol. The number of hydrogen-bond donors (Lipinski definition) is 8. The van der Waals surface area contributed by atoms with Gasteiger partial charge in [0, 0.05) is 40.6 Å². The molecule has 0 aromatic rings. The van der Waals surface area contributed by atoms with Crippen LogP contribution in [-0.2, 0) is 26.7 Å². The number of carbonyl (C=O) groups excluding carboxylic acids is 2. The summed E-state index contributed by atoms with van der Waals surface area (Å²) >= 11 is 0. The first kappa shape index (κ1) is 30.7. The van der Waals surface area contributed by atoms with Gasteiger partial charge in [-0.25, -0.2) is 0 Å². The van der Waals surface area contributed by atoms with Gasteiger partial charge in [-0.3, -0.25) is 9.59 Å². The summed E-state index contributed by atoms with van der Waals surface area (Å²) in [5, 5.41) is 59.6. The minimum Gasteiger partial charge on any atom is -0.394 e. The SMILES string of the molecule is O=C1C=CC=C/C1=C/NC(CO)(CO)CO.O=C1C=CC=C/C1=C\NC(CO)(CO)CO.[Mn]. The summed E-state index contributed by atoms with van der Waals surface area (Å²) in [6.07, 6.45) is 15.4. The normalized spacial score (nSPS) is 17.6. The van der Waals surface area contributed by atoms with Gasteiger partial charge < -0.3 is 41.3 Å². The molecule has 10 nitrogen and oxygen atoms in total. The molecule has 33 heavy (non-hydrogen) atoms. The van der Waals surface area contributed by atoms with Crippen LogP contribution in [0.3, 0.4) is 0 Å². The summed E-state index contributed by atoms with van der Waals surface area (Å²) in [6.45, 7) is -2.60. The molecule has 0 aliphatic heterocycles. The monoisotopic (exact) mass is 505 g/mol. The molecule has 0 atom stereocenters. The molecule has 2 aliphatic rings. The fourth-order valence-electron chi connectivity index (χ4n) is 2.24. The van der Waals surface area contributed by atoms with E-state index in [1.165, 1.54) is 24.6 Å². The number of hydrogen-bond acceptors (Lipinski definition) is 10. The van der Waals surface area contributed by atoms with E-state index in [2.05, 4.69) is 10.6 Å². The van der Waals surface area contributed by atoms with Gasteiger partial charge in [-0.1, -0.05) is 24.3 Å². The van der Waals surface area contributed by atoms with Gasteiger partial charge in [-0.05, 0) is 24.3 Å². The largest absolute Gasteiger partial charge is 0.394 e.